The smallest absolute Gasteiger partial charge is 0.253 e. The van der Waals surface area contributed by atoms with Crippen molar-refractivity contribution in [2.45, 2.75) is 36.9 Å². The molecule has 1 fully saturated rings. The van der Waals surface area contributed by atoms with Crippen molar-refractivity contribution < 1.29 is 13.2 Å². The van der Waals surface area contributed by atoms with Crippen molar-refractivity contribution in [3.63, 3.8) is 0 Å². The van der Waals surface area contributed by atoms with E-state index >= 15 is 0 Å². The summed E-state index contributed by atoms with van der Waals surface area (Å²) in [7, 11) is -3.66. The highest BCUT2D eigenvalue weighted by Gasteiger charge is 2.40. The van der Waals surface area contributed by atoms with E-state index < -0.39 is 16.1 Å². The largest absolute Gasteiger partial charge is 0.324 e. The molecule has 1 aromatic heterocycles. The summed E-state index contributed by atoms with van der Waals surface area (Å²) in [6.07, 6.45) is 1.21. The van der Waals surface area contributed by atoms with Crippen LogP contribution in [0.25, 0.3) is 0 Å². The normalized spacial score (nSPS) is 18.4. The van der Waals surface area contributed by atoms with Crippen LogP contribution in [-0.4, -0.2) is 31.2 Å². The van der Waals surface area contributed by atoms with Gasteiger partial charge in [-0.2, -0.15) is 4.31 Å². The minimum atomic E-state index is -3.66. The zero-order valence-corrected chi connectivity index (χ0v) is 17.2. The molecule has 0 saturated carbocycles. The van der Waals surface area contributed by atoms with Crippen LogP contribution in [0, 0.1) is 13.8 Å². The number of hydrogen-bond donors (Lipinski definition) is 1. The lowest BCUT2D eigenvalue weighted by atomic mass is 10.1. The zero-order valence-electron chi connectivity index (χ0n) is 14.0. The molecule has 1 aliphatic rings. The average Bonchev–Trinajstić information content (AvgIpc) is 3.19. The van der Waals surface area contributed by atoms with Crippen molar-refractivity contribution in [2.75, 3.05) is 11.9 Å². The molecule has 5 nitrogen and oxygen atoms in total. The van der Waals surface area contributed by atoms with Gasteiger partial charge in [0.1, 0.15) is 10.3 Å². The summed E-state index contributed by atoms with van der Waals surface area (Å²) in [6.45, 7) is 4.28. The molecule has 1 saturated heterocycles. The summed E-state index contributed by atoms with van der Waals surface area (Å²) in [4.78, 5) is 12.7. The van der Waals surface area contributed by atoms with Crippen LogP contribution >= 0.6 is 27.3 Å². The molecular formula is C17H19BrN2O3S2. The summed E-state index contributed by atoms with van der Waals surface area (Å²) in [5.74, 6) is -0.274. The molecule has 2 aromatic rings. The van der Waals surface area contributed by atoms with Gasteiger partial charge in [0.05, 0.1) is 3.79 Å². The molecule has 8 heteroatoms. The third kappa shape index (κ3) is 3.81. The Morgan fingerprint density at radius 3 is 2.68 bits per heavy atom. The van der Waals surface area contributed by atoms with E-state index in [1.54, 1.807) is 12.1 Å². The number of hydrogen-bond acceptors (Lipinski definition) is 4. The van der Waals surface area contributed by atoms with E-state index in [-0.39, 0.29) is 10.1 Å². The van der Waals surface area contributed by atoms with Gasteiger partial charge in [-0.1, -0.05) is 17.7 Å². The second-order valence-corrected chi connectivity index (χ2v) is 10.7. The molecule has 134 valence electrons. The number of halogens is 1. The van der Waals surface area contributed by atoms with Gasteiger partial charge >= 0.3 is 0 Å². The summed E-state index contributed by atoms with van der Waals surface area (Å²) in [5, 5.41) is 2.89. The van der Waals surface area contributed by atoms with E-state index in [2.05, 4.69) is 21.2 Å². The van der Waals surface area contributed by atoms with Crippen molar-refractivity contribution in [3.05, 3.63) is 45.2 Å². The Labute approximate surface area is 160 Å². The monoisotopic (exact) mass is 442 g/mol. The minimum Gasteiger partial charge on any atom is -0.324 e. The Hall–Kier alpha value is -1.22. The molecule has 2 heterocycles. The van der Waals surface area contributed by atoms with Crippen molar-refractivity contribution in [2.24, 2.45) is 0 Å². The summed E-state index contributed by atoms with van der Waals surface area (Å²) >= 11 is 4.45. The maximum Gasteiger partial charge on any atom is 0.253 e. The quantitative estimate of drug-likeness (QED) is 0.779. The number of nitrogens with one attached hydrogen (secondary N) is 1. The number of carbonyl (C=O) groups excluding carboxylic acids is 1. The molecular weight excluding hydrogens is 424 g/mol. The number of rotatable bonds is 4. The Morgan fingerprint density at radius 2 is 2.04 bits per heavy atom. The van der Waals surface area contributed by atoms with Gasteiger partial charge in [-0.3, -0.25) is 4.79 Å². The highest BCUT2D eigenvalue weighted by molar-refractivity contribution is 9.11. The van der Waals surface area contributed by atoms with Crippen LogP contribution in [0.4, 0.5) is 5.69 Å². The predicted molar refractivity (Wildman–Crippen MR) is 103 cm³/mol. The van der Waals surface area contributed by atoms with Crippen LogP contribution in [0.2, 0.25) is 0 Å². The van der Waals surface area contributed by atoms with Gasteiger partial charge in [0.25, 0.3) is 10.0 Å². The molecule has 0 aliphatic carbocycles. The average molecular weight is 443 g/mol. The highest BCUT2D eigenvalue weighted by atomic mass is 79.9. The second-order valence-electron chi connectivity index (χ2n) is 6.14. The topological polar surface area (TPSA) is 66.5 Å². The van der Waals surface area contributed by atoms with E-state index in [1.807, 2.05) is 32.0 Å². The SMILES string of the molecule is Cc1ccc(NC(=O)[C@H]2CCCN2S(=O)(=O)c2ccc(Br)s2)c(C)c1. The molecule has 0 spiro atoms. The molecule has 1 atom stereocenters. The molecule has 1 N–H and O–H groups in total. The van der Waals surface area contributed by atoms with E-state index in [0.717, 1.165) is 31.9 Å². The van der Waals surface area contributed by atoms with Crippen LogP contribution in [0.1, 0.15) is 24.0 Å². The zero-order chi connectivity index (χ0) is 18.2. The first-order valence-electron chi connectivity index (χ1n) is 7.94. The van der Waals surface area contributed by atoms with Crippen LogP contribution in [-0.2, 0) is 14.8 Å². The van der Waals surface area contributed by atoms with E-state index in [4.69, 9.17) is 0 Å². The first kappa shape index (κ1) is 18.6. The lowest BCUT2D eigenvalue weighted by Gasteiger charge is -2.23. The van der Waals surface area contributed by atoms with Crippen LogP contribution < -0.4 is 5.32 Å². The third-order valence-corrected chi connectivity index (χ3v) is 8.26. The highest BCUT2D eigenvalue weighted by Crippen LogP contribution is 2.32. The van der Waals surface area contributed by atoms with Crippen molar-refractivity contribution in [1.82, 2.24) is 4.31 Å². The number of nitrogens with zero attached hydrogens (tertiary/aromatic N) is 1. The number of sulfonamides is 1. The van der Waals surface area contributed by atoms with Gasteiger partial charge < -0.3 is 5.32 Å². The molecule has 0 radical (unpaired) electrons. The summed E-state index contributed by atoms with van der Waals surface area (Å²) in [6, 6.07) is 8.37. The number of amides is 1. The molecule has 1 aromatic carbocycles. The van der Waals surface area contributed by atoms with E-state index in [1.165, 1.54) is 4.31 Å². The van der Waals surface area contributed by atoms with Crippen LogP contribution in [0.3, 0.4) is 0 Å². The van der Waals surface area contributed by atoms with Gasteiger partial charge in [0.2, 0.25) is 5.91 Å². The van der Waals surface area contributed by atoms with E-state index in [9.17, 15) is 13.2 Å². The number of anilines is 1. The molecule has 3 rings (SSSR count). The van der Waals surface area contributed by atoms with Crippen LogP contribution in [0.15, 0.2) is 38.3 Å². The van der Waals surface area contributed by atoms with Crippen LogP contribution in [0.5, 0.6) is 0 Å². The third-order valence-electron chi connectivity index (χ3n) is 4.26. The maximum atomic E-state index is 12.9. The van der Waals surface area contributed by atoms with Crippen molar-refractivity contribution in [1.29, 1.82) is 0 Å². The predicted octanol–water partition coefficient (Wildman–Crippen LogP) is 3.92. The molecule has 25 heavy (non-hydrogen) atoms. The number of benzene rings is 1. The first-order valence-corrected chi connectivity index (χ1v) is 11.0. The molecule has 1 aliphatic heterocycles. The number of aryl methyl sites for hydroxylation is 2. The first-order chi connectivity index (χ1) is 11.8. The van der Waals surface area contributed by atoms with E-state index in [0.29, 0.717) is 19.4 Å². The lowest BCUT2D eigenvalue weighted by Crippen LogP contribution is -2.42. The molecule has 0 bridgehead atoms. The number of thiophene rings is 1. The maximum absolute atomic E-state index is 12.9. The van der Waals surface area contributed by atoms with Gasteiger partial charge in [-0.15, -0.1) is 11.3 Å². The minimum absolute atomic E-state index is 0.255. The van der Waals surface area contributed by atoms with Crippen molar-refractivity contribution >= 4 is 48.9 Å². The fourth-order valence-corrected chi connectivity index (χ4v) is 6.81. The second kappa shape index (κ2) is 7.19. The Balaban J connectivity index is 1.82. The Morgan fingerprint density at radius 1 is 1.28 bits per heavy atom. The van der Waals surface area contributed by atoms with Gasteiger partial charge in [-0.05, 0) is 66.4 Å². The Kier molecular flexibility index (Phi) is 5.34. The number of carbonyl (C=O) groups is 1. The van der Waals surface area contributed by atoms with Gasteiger partial charge in [-0.25, -0.2) is 8.42 Å². The Bertz CT molecular complexity index is 908. The van der Waals surface area contributed by atoms with Gasteiger partial charge in [0, 0.05) is 12.2 Å². The van der Waals surface area contributed by atoms with Crippen molar-refractivity contribution in [3.8, 4) is 0 Å². The lowest BCUT2D eigenvalue weighted by molar-refractivity contribution is -0.119. The summed E-state index contributed by atoms with van der Waals surface area (Å²) in [5.41, 5.74) is 2.80. The fraction of sp³-hybridized carbons (Fsp3) is 0.353. The fourth-order valence-electron chi connectivity index (χ4n) is 3.01. The standard InChI is InChI=1S/C17H19BrN2O3S2/c1-11-5-6-13(12(2)10-11)19-17(21)14-4-3-9-20(14)25(22,23)16-8-7-15(18)24-16/h5-8,10,14H,3-4,9H2,1-2H3,(H,19,21)/t14-/m1/s1. The summed E-state index contributed by atoms with van der Waals surface area (Å²) < 4.78 is 28.1. The van der Waals surface area contributed by atoms with Gasteiger partial charge in [0.15, 0.2) is 0 Å². The molecule has 0 unspecified atom stereocenters. The molecule has 1 amide bonds.